The second-order valence-corrected chi connectivity index (χ2v) is 2.99. The van der Waals surface area contributed by atoms with Gasteiger partial charge in [-0.15, -0.1) is 0 Å². The van der Waals surface area contributed by atoms with Gasteiger partial charge in [-0.3, -0.25) is 4.79 Å². The van der Waals surface area contributed by atoms with Crippen molar-refractivity contribution >= 4 is 5.91 Å². The summed E-state index contributed by atoms with van der Waals surface area (Å²) in [7, 11) is 1.91. The van der Waals surface area contributed by atoms with Crippen LogP contribution in [0, 0.1) is 0 Å². The topological polar surface area (TPSA) is 20.3 Å². The molecular weight excluding hydrogens is 126 g/mol. The van der Waals surface area contributed by atoms with E-state index in [1.54, 1.807) is 0 Å². The molecule has 0 radical (unpaired) electrons. The molecule has 0 aromatic rings. The van der Waals surface area contributed by atoms with Crippen LogP contribution in [-0.4, -0.2) is 23.9 Å². The fourth-order valence-corrected chi connectivity index (χ4v) is 1.53. The molecule has 1 heterocycles. The van der Waals surface area contributed by atoms with E-state index in [2.05, 4.69) is 6.92 Å². The first-order valence-corrected chi connectivity index (χ1v) is 4.01. The molecule has 0 N–H and O–H groups in total. The second-order valence-electron chi connectivity index (χ2n) is 2.99. The number of hydrogen-bond donors (Lipinski definition) is 0. The summed E-state index contributed by atoms with van der Waals surface area (Å²) in [6.07, 6.45) is 4.19. The van der Waals surface area contributed by atoms with Gasteiger partial charge in [0.05, 0.1) is 0 Å². The van der Waals surface area contributed by atoms with Crippen molar-refractivity contribution in [2.45, 2.75) is 38.6 Å². The van der Waals surface area contributed by atoms with Crippen LogP contribution in [-0.2, 0) is 4.79 Å². The molecule has 0 bridgehead atoms. The van der Waals surface area contributed by atoms with Crippen molar-refractivity contribution < 1.29 is 4.79 Å². The van der Waals surface area contributed by atoms with Crippen molar-refractivity contribution in [2.75, 3.05) is 7.05 Å². The Kier molecular flexibility index (Phi) is 2.30. The fourth-order valence-electron chi connectivity index (χ4n) is 1.53. The molecule has 0 aromatic heterocycles. The van der Waals surface area contributed by atoms with Crippen LogP contribution < -0.4 is 0 Å². The molecule has 10 heavy (non-hydrogen) atoms. The third-order valence-electron chi connectivity index (χ3n) is 2.25. The number of rotatable bonds is 2. The SMILES string of the molecule is CCCC1CCC(=O)N1C. The van der Waals surface area contributed by atoms with Crippen LogP contribution in [0.5, 0.6) is 0 Å². The van der Waals surface area contributed by atoms with E-state index in [9.17, 15) is 4.79 Å². The zero-order valence-electron chi connectivity index (χ0n) is 6.76. The highest BCUT2D eigenvalue weighted by Gasteiger charge is 2.25. The van der Waals surface area contributed by atoms with E-state index in [4.69, 9.17) is 0 Å². The summed E-state index contributed by atoms with van der Waals surface area (Å²) >= 11 is 0. The van der Waals surface area contributed by atoms with Gasteiger partial charge in [-0.1, -0.05) is 13.3 Å². The van der Waals surface area contributed by atoms with E-state index < -0.39 is 0 Å². The number of carbonyl (C=O) groups excluding carboxylic acids is 1. The predicted molar refractivity (Wildman–Crippen MR) is 40.7 cm³/mol. The average molecular weight is 141 g/mol. The number of amides is 1. The third kappa shape index (κ3) is 1.31. The zero-order chi connectivity index (χ0) is 7.56. The highest BCUT2D eigenvalue weighted by atomic mass is 16.2. The Bertz CT molecular complexity index is 133. The van der Waals surface area contributed by atoms with E-state index in [-0.39, 0.29) is 0 Å². The number of likely N-dealkylation sites (tertiary alicyclic amines) is 1. The monoisotopic (exact) mass is 141 g/mol. The Morgan fingerprint density at radius 3 is 2.80 bits per heavy atom. The Morgan fingerprint density at radius 2 is 2.40 bits per heavy atom. The van der Waals surface area contributed by atoms with Crippen LogP contribution in [0.15, 0.2) is 0 Å². The average Bonchev–Trinajstić information content (AvgIpc) is 2.20. The highest BCUT2D eigenvalue weighted by molar-refractivity contribution is 5.78. The largest absolute Gasteiger partial charge is 0.343 e. The van der Waals surface area contributed by atoms with Gasteiger partial charge in [0.15, 0.2) is 0 Å². The van der Waals surface area contributed by atoms with Gasteiger partial charge < -0.3 is 4.90 Å². The summed E-state index contributed by atoms with van der Waals surface area (Å²) in [5.74, 6) is 0.318. The van der Waals surface area contributed by atoms with E-state index in [1.807, 2.05) is 11.9 Å². The van der Waals surface area contributed by atoms with Crippen molar-refractivity contribution in [1.82, 2.24) is 4.90 Å². The summed E-state index contributed by atoms with van der Waals surface area (Å²) in [5.41, 5.74) is 0. The molecule has 0 spiro atoms. The van der Waals surface area contributed by atoms with Gasteiger partial charge in [0.1, 0.15) is 0 Å². The molecule has 0 aliphatic carbocycles. The quantitative estimate of drug-likeness (QED) is 0.569. The molecular formula is C8H15NO. The molecule has 58 valence electrons. The Hall–Kier alpha value is -0.530. The first-order valence-electron chi connectivity index (χ1n) is 4.01. The molecule has 1 aliphatic heterocycles. The first kappa shape index (κ1) is 7.58. The third-order valence-corrected chi connectivity index (χ3v) is 2.25. The molecule has 1 amide bonds. The summed E-state index contributed by atoms with van der Waals surface area (Å²) in [6, 6.07) is 0.539. The van der Waals surface area contributed by atoms with Gasteiger partial charge in [0.2, 0.25) is 5.91 Å². The maximum absolute atomic E-state index is 11.0. The number of carbonyl (C=O) groups is 1. The van der Waals surface area contributed by atoms with E-state index >= 15 is 0 Å². The molecule has 0 aromatic carbocycles. The Morgan fingerprint density at radius 1 is 1.70 bits per heavy atom. The van der Waals surface area contributed by atoms with Crippen LogP contribution in [0.3, 0.4) is 0 Å². The molecule has 2 nitrogen and oxygen atoms in total. The molecule has 1 atom stereocenters. The van der Waals surface area contributed by atoms with Gasteiger partial charge in [-0.2, -0.15) is 0 Å². The first-order chi connectivity index (χ1) is 4.75. The molecule has 1 unspecified atom stereocenters. The Labute approximate surface area is 62.2 Å². The van der Waals surface area contributed by atoms with Gasteiger partial charge in [0.25, 0.3) is 0 Å². The Balaban J connectivity index is 2.41. The lowest BCUT2D eigenvalue weighted by atomic mass is 10.1. The maximum atomic E-state index is 11.0. The van der Waals surface area contributed by atoms with Crippen LogP contribution in [0.2, 0.25) is 0 Å². The predicted octanol–water partition coefficient (Wildman–Crippen LogP) is 1.41. The van der Waals surface area contributed by atoms with Crippen LogP contribution in [0.1, 0.15) is 32.6 Å². The number of hydrogen-bond acceptors (Lipinski definition) is 1. The molecule has 1 rings (SSSR count). The molecule has 2 heteroatoms. The van der Waals surface area contributed by atoms with E-state index in [0.717, 1.165) is 12.8 Å². The van der Waals surface area contributed by atoms with E-state index in [0.29, 0.717) is 11.9 Å². The number of nitrogens with zero attached hydrogens (tertiary/aromatic N) is 1. The molecule has 1 fully saturated rings. The smallest absolute Gasteiger partial charge is 0.222 e. The molecule has 1 saturated heterocycles. The molecule has 0 saturated carbocycles. The lowest BCUT2D eigenvalue weighted by molar-refractivity contribution is -0.127. The molecule has 1 aliphatic rings. The lowest BCUT2D eigenvalue weighted by Crippen LogP contribution is -2.28. The fraction of sp³-hybridized carbons (Fsp3) is 0.875. The van der Waals surface area contributed by atoms with Crippen molar-refractivity contribution in [1.29, 1.82) is 0 Å². The highest BCUT2D eigenvalue weighted by Crippen LogP contribution is 2.19. The summed E-state index contributed by atoms with van der Waals surface area (Å²) in [4.78, 5) is 12.9. The zero-order valence-corrected chi connectivity index (χ0v) is 6.76. The van der Waals surface area contributed by atoms with Crippen LogP contribution in [0.25, 0.3) is 0 Å². The van der Waals surface area contributed by atoms with E-state index in [1.165, 1.54) is 12.8 Å². The van der Waals surface area contributed by atoms with Gasteiger partial charge >= 0.3 is 0 Å². The normalized spacial score (nSPS) is 26.0. The second kappa shape index (κ2) is 3.04. The summed E-state index contributed by atoms with van der Waals surface area (Å²) < 4.78 is 0. The van der Waals surface area contributed by atoms with Crippen molar-refractivity contribution in [3.63, 3.8) is 0 Å². The van der Waals surface area contributed by atoms with Gasteiger partial charge in [-0.05, 0) is 12.8 Å². The van der Waals surface area contributed by atoms with Crippen LogP contribution in [0.4, 0.5) is 0 Å². The summed E-state index contributed by atoms with van der Waals surface area (Å²) in [6.45, 7) is 2.16. The van der Waals surface area contributed by atoms with Crippen molar-refractivity contribution in [3.8, 4) is 0 Å². The minimum absolute atomic E-state index is 0.318. The van der Waals surface area contributed by atoms with Gasteiger partial charge in [0, 0.05) is 19.5 Å². The maximum Gasteiger partial charge on any atom is 0.222 e. The van der Waals surface area contributed by atoms with Crippen molar-refractivity contribution in [3.05, 3.63) is 0 Å². The summed E-state index contributed by atoms with van der Waals surface area (Å²) in [5, 5.41) is 0. The standard InChI is InChI=1S/C8H15NO/c1-3-4-7-5-6-8(10)9(7)2/h7H,3-6H2,1-2H3. The minimum atomic E-state index is 0.318. The van der Waals surface area contributed by atoms with Crippen LogP contribution >= 0.6 is 0 Å². The van der Waals surface area contributed by atoms with Crippen molar-refractivity contribution in [2.24, 2.45) is 0 Å². The lowest BCUT2D eigenvalue weighted by Gasteiger charge is -2.18. The minimum Gasteiger partial charge on any atom is -0.343 e. The van der Waals surface area contributed by atoms with Gasteiger partial charge in [-0.25, -0.2) is 0 Å².